The molecule has 0 saturated carbocycles. The van der Waals surface area contributed by atoms with E-state index in [0.717, 1.165) is 24.2 Å². The highest BCUT2D eigenvalue weighted by atomic mass is 16.5. The fraction of sp³-hybridized carbons (Fsp3) is 0.562. The van der Waals surface area contributed by atoms with Crippen LogP contribution in [-0.4, -0.2) is 44.2 Å². The van der Waals surface area contributed by atoms with Crippen molar-refractivity contribution in [2.75, 3.05) is 27.4 Å². The van der Waals surface area contributed by atoms with E-state index in [1.54, 1.807) is 14.2 Å². The first kappa shape index (κ1) is 15.8. The summed E-state index contributed by atoms with van der Waals surface area (Å²) in [5.74, 6) is 0.953. The minimum absolute atomic E-state index is 0.108. The smallest absolute Gasteiger partial charge is 0.241 e. The Kier molecular flexibility index (Phi) is 5.59. The van der Waals surface area contributed by atoms with E-state index in [1.807, 2.05) is 29.2 Å². The zero-order chi connectivity index (χ0) is 15.2. The van der Waals surface area contributed by atoms with Crippen molar-refractivity contribution in [1.29, 1.82) is 0 Å². The lowest BCUT2D eigenvalue weighted by Crippen LogP contribution is -2.33. The first-order valence-corrected chi connectivity index (χ1v) is 7.40. The predicted molar refractivity (Wildman–Crippen MR) is 81.2 cm³/mol. The zero-order valence-electron chi connectivity index (χ0n) is 13.0. The van der Waals surface area contributed by atoms with Crippen LogP contribution in [0.2, 0.25) is 0 Å². The van der Waals surface area contributed by atoms with Crippen LogP contribution < -0.4 is 10.1 Å². The van der Waals surface area contributed by atoms with Crippen molar-refractivity contribution < 1.29 is 14.3 Å². The van der Waals surface area contributed by atoms with Crippen molar-refractivity contribution in [3.63, 3.8) is 0 Å². The second-order valence-electron chi connectivity index (χ2n) is 5.21. The molecule has 1 N–H and O–H groups in total. The molecule has 1 fully saturated rings. The molecule has 0 aliphatic carbocycles. The molecule has 2 unspecified atom stereocenters. The summed E-state index contributed by atoms with van der Waals surface area (Å²) in [5, 5.41) is 3.43. The molecule has 1 aliphatic rings. The molecule has 1 saturated heterocycles. The van der Waals surface area contributed by atoms with Crippen molar-refractivity contribution in [2.45, 2.75) is 32.0 Å². The molecule has 5 nitrogen and oxygen atoms in total. The molecule has 2 rings (SSSR count). The normalized spacial score (nSPS) is 21.9. The summed E-state index contributed by atoms with van der Waals surface area (Å²) < 4.78 is 10.4. The van der Waals surface area contributed by atoms with Crippen molar-refractivity contribution in [3.05, 3.63) is 29.8 Å². The van der Waals surface area contributed by atoms with E-state index in [4.69, 9.17) is 9.47 Å². The molecule has 0 radical (unpaired) electrons. The van der Waals surface area contributed by atoms with Crippen LogP contribution in [0.5, 0.6) is 5.75 Å². The zero-order valence-corrected chi connectivity index (χ0v) is 13.0. The largest absolute Gasteiger partial charge is 0.497 e. The SMILES string of the molecule is CCCC1NC(c2cccc(OC)c2)N(CCOC)C1=O. The molecule has 1 aromatic carbocycles. The number of rotatable bonds is 7. The number of amides is 1. The van der Waals surface area contributed by atoms with Crippen molar-refractivity contribution >= 4 is 5.91 Å². The summed E-state index contributed by atoms with van der Waals surface area (Å²) >= 11 is 0. The molecule has 1 aromatic rings. The van der Waals surface area contributed by atoms with Gasteiger partial charge in [-0.15, -0.1) is 0 Å². The van der Waals surface area contributed by atoms with Gasteiger partial charge in [0.05, 0.1) is 19.8 Å². The second-order valence-corrected chi connectivity index (χ2v) is 5.21. The third kappa shape index (κ3) is 3.54. The maximum atomic E-state index is 12.5. The fourth-order valence-corrected chi connectivity index (χ4v) is 2.69. The monoisotopic (exact) mass is 292 g/mol. The predicted octanol–water partition coefficient (Wildman–Crippen LogP) is 1.94. The third-order valence-electron chi connectivity index (χ3n) is 3.78. The van der Waals surface area contributed by atoms with Crippen LogP contribution in [0.4, 0.5) is 0 Å². The molecule has 1 amide bonds. The molecule has 21 heavy (non-hydrogen) atoms. The molecular formula is C16H24N2O3. The van der Waals surface area contributed by atoms with Gasteiger partial charge >= 0.3 is 0 Å². The highest BCUT2D eigenvalue weighted by molar-refractivity contribution is 5.84. The lowest BCUT2D eigenvalue weighted by atomic mass is 10.1. The van der Waals surface area contributed by atoms with Crippen LogP contribution in [0, 0.1) is 0 Å². The van der Waals surface area contributed by atoms with Crippen LogP contribution in [-0.2, 0) is 9.53 Å². The number of ether oxygens (including phenoxy) is 2. The number of nitrogens with one attached hydrogen (secondary N) is 1. The van der Waals surface area contributed by atoms with E-state index in [2.05, 4.69) is 12.2 Å². The summed E-state index contributed by atoms with van der Waals surface area (Å²) in [6.45, 7) is 3.21. The van der Waals surface area contributed by atoms with Crippen molar-refractivity contribution in [1.82, 2.24) is 10.2 Å². The van der Waals surface area contributed by atoms with E-state index >= 15 is 0 Å². The second kappa shape index (κ2) is 7.43. The fourth-order valence-electron chi connectivity index (χ4n) is 2.69. The maximum absolute atomic E-state index is 12.5. The quantitative estimate of drug-likeness (QED) is 0.834. The van der Waals surface area contributed by atoms with E-state index < -0.39 is 0 Å². The first-order chi connectivity index (χ1) is 10.2. The van der Waals surface area contributed by atoms with Gasteiger partial charge in [0.25, 0.3) is 0 Å². The average Bonchev–Trinajstić information content (AvgIpc) is 2.82. The average molecular weight is 292 g/mol. The molecule has 2 atom stereocenters. The molecule has 1 aliphatic heterocycles. The molecular weight excluding hydrogens is 268 g/mol. The van der Waals surface area contributed by atoms with Crippen LogP contribution >= 0.6 is 0 Å². The molecule has 1 heterocycles. The minimum atomic E-state index is -0.112. The van der Waals surface area contributed by atoms with Gasteiger partial charge in [-0.25, -0.2) is 0 Å². The third-order valence-corrected chi connectivity index (χ3v) is 3.78. The van der Waals surface area contributed by atoms with Gasteiger partial charge in [-0.2, -0.15) is 0 Å². The standard InChI is InChI=1S/C16H24N2O3/c1-4-6-14-16(19)18(9-10-20-2)15(17-14)12-7-5-8-13(11-12)21-3/h5,7-8,11,14-15,17H,4,6,9-10H2,1-3H3. The van der Waals surface area contributed by atoms with Gasteiger partial charge in [0.2, 0.25) is 5.91 Å². The Hall–Kier alpha value is -1.59. The van der Waals surface area contributed by atoms with Gasteiger partial charge in [0, 0.05) is 13.7 Å². The van der Waals surface area contributed by atoms with E-state index in [9.17, 15) is 4.79 Å². The number of carbonyl (C=O) groups excluding carboxylic acids is 1. The minimum Gasteiger partial charge on any atom is -0.497 e. The van der Waals surface area contributed by atoms with Gasteiger partial charge in [-0.1, -0.05) is 25.5 Å². The Morgan fingerprint density at radius 2 is 2.14 bits per heavy atom. The van der Waals surface area contributed by atoms with Gasteiger partial charge in [-0.05, 0) is 24.1 Å². The maximum Gasteiger partial charge on any atom is 0.241 e. The summed E-state index contributed by atoms with van der Waals surface area (Å²) in [7, 11) is 3.30. The molecule has 0 bridgehead atoms. The highest BCUT2D eigenvalue weighted by Crippen LogP contribution is 2.28. The summed E-state index contributed by atoms with van der Waals surface area (Å²) in [6.07, 6.45) is 1.72. The molecule has 116 valence electrons. The lowest BCUT2D eigenvalue weighted by molar-refractivity contribution is -0.130. The number of benzene rings is 1. The van der Waals surface area contributed by atoms with Gasteiger partial charge < -0.3 is 14.4 Å². The lowest BCUT2D eigenvalue weighted by Gasteiger charge is -2.24. The van der Waals surface area contributed by atoms with Crippen molar-refractivity contribution in [3.8, 4) is 5.75 Å². The number of methoxy groups -OCH3 is 2. The van der Waals surface area contributed by atoms with E-state index in [1.165, 1.54) is 0 Å². The summed E-state index contributed by atoms with van der Waals surface area (Å²) in [5.41, 5.74) is 1.04. The molecule has 0 spiro atoms. The number of hydrogen-bond donors (Lipinski definition) is 1. The number of hydrogen-bond acceptors (Lipinski definition) is 4. The van der Waals surface area contributed by atoms with Crippen LogP contribution in [0.25, 0.3) is 0 Å². The number of carbonyl (C=O) groups is 1. The highest BCUT2D eigenvalue weighted by Gasteiger charge is 2.38. The summed E-state index contributed by atoms with van der Waals surface area (Å²) in [4.78, 5) is 14.4. The summed E-state index contributed by atoms with van der Waals surface area (Å²) in [6, 6.07) is 7.73. The molecule has 0 aromatic heterocycles. The first-order valence-electron chi connectivity index (χ1n) is 7.40. The van der Waals surface area contributed by atoms with Crippen LogP contribution in [0.15, 0.2) is 24.3 Å². The van der Waals surface area contributed by atoms with Crippen molar-refractivity contribution in [2.24, 2.45) is 0 Å². The van der Waals surface area contributed by atoms with Gasteiger partial charge in [0.15, 0.2) is 0 Å². The van der Waals surface area contributed by atoms with E-state index in [0.29, 0.717) is 13.2 Å². The van der Waals surface area contributed by atoms with Crippen LogP contribution in [0.3, 0.4) is 0 Å². The van der Waals surface area contributed by atoms with Crippen LogP contribution in [0.1, 0.15) is 31.5 Å². The van der Waals surface area contributed by atoms with E-state index in [-0.39, 0.29) is 18.1 Å². The van der Waals surface area contributed by atoms with Gasteiger partial charge in [-0.3, -0.25) is 10.1 Å². The Bertz CT molecular complexity index is 478. The topological polar surface area (TPSA) is 50.8 Å². The number of nitrogens with zero attached hydrogens (tertiary/aromatic N) is 1. The Morgan fingerprint density at radius 3 is 2.81 bits per heavy atom. The Morgan fingerprint density at radius 1 is 1.33 bits per heavy atom. The molecule has 5 heteroatoms. The Labute approximate surface area is 126 Å². The Balaban J connectivity index is 2.22. The van der Waals surface area contributed by atoms with Gasteiger partial charge in [0.1, 0.15) is 11.9 Å².